The number of nitrogens with one attached hydrogen (secondary N) is 1. The Bertz CT molecular complexity index is 1330. The van der Waals surface area contributed by atoms with Gasteiger partial charge < -0.3 is 19.8 Å². The lowest BCUT2D eigenvalue weighted by Gasteiger charge is -2.25. The van der Waals surface area contributed by atoms with Crippen molar-refractivity contribution in [3.63, 3.8) is 0 Å². The second-order valence-corrected chi connectivity index (χ2v) is 24.2. The minimum atomic E-state index is -4.36. The summed E-state index contributed by atoms with van der Waals surface area (Å²) < 4.78 is 23.7. The third kappa shape index (κ3) is 58.0. The van der Waals surface area contributed by atoms with E-state index in [1.807, 2.05) is 27.2 Å². The highest BCUT2D eigenvalue weighted by atomic mass is 31.2. The first-order valence-corrected chi connectivity index (χ1v) is 33.0. The Morgan fingerprint density at radius 1 is 0.466 bits per heavy atom. The topological polar surface area (TPSA) is 105 Å². The van der Waals surface area contributed by atoms with Crippen LogP contribution in [-0.4, -0.2) is 73.4 Å². The quantitative estimate of drug-likeness (QED) is 0.0243. The first kappa shape index (κ1) is 71.5. The molecule has 0 aromatic carbocycles. The van der Waals surface area contributed by atoms with Crippen LogP contribution in [0.25, 0.3) is 0 Å². The summed E-state index contributed by atoms with van der Waals surface area (Å²) in [6.07, 6.45) is 73.8. The Hall–Kier alpha value is -1.54. The van der Waals surface area contributed by atoms with E-state index in [0.29, 0.717) is 17.4 Å². The van der Waals surface area contributed by atoms with Gasteiger partial charge in [0.1, 0.15) is 13.2 Å². The van der Waals surface area contributed by atoms with E-state index >= 15 is 0 Å². The number of phosphoric ester groups is 1. The molecule has 0 saturated carbocycles. The molecule has 0 rings (SSSR count). The Morgan fingerprint density at radius 2 is 0.795 bits per heavy atom. The van der Waals surface area contributed by atoms with E-state index in [4.69, 9.17) is 9.05 Å². The van der Waals surface area contributed by atoms with Crippen molar-refractivity contribution in [1.82, 2.24) is 5.32 Å². The fraction of sp³-hybridized carbons (Fsp3) is 0.859. The first-order chi connectivity index (χ1) is 35.5. The molecule has 8 nitrogen and oxygen atoms in total. The molecule has 1 amide bonds. The van der Waals surface area contributed by atoms with Crippen LogP contribution in [0.2, 0.25) is 0 Å². The summed E-state index contributed by atoms with van der Waals surface area (Å²) in [5.74, 6) is -0.186. The molecule has 0 aromatic rings. The number of rotatable bonds is 58. The predicted octanol–water partition coefficient (Wildman–Crippen LogP) is 19.5. The second-order valence-electron chi connectivity index (χ2n) is 22.8. The van der Waals surface area contributed by atoms with Crippen molar-refractivity contribution in [1.29, 1.82) is 0 Å². The van der Waals surface area contributed by atoms with E-state index in [-0.39, 0.29) is 19.1 Å². The highest BCUT2D eigenvalue weighted by Crippen LogP contribution is 2.43. The average Bonchev–Trinajstić information content (AvgIpc) is 3.35. The molecule has 430 valence electrons. The molecule has 3 atom stereocenters. The van der Waals surface area contributed by atoms with Gasteiger partial charge in [0.25, 0.3) is 0 Å². The summed E-state index contributed by atoms with van der Waals surface area (Å²) in [5, 5.41) is 14.0. The van der Waals surface area contributed by atoms with Crippen LogP contribution in [0, 0.1) is 0 Å². The Morgan fingerprint density at radius 3 is 1.18 bits per heavy atom. The summed E-state index contributed by atoms with van der Waals surface area (Å²) in [4.78, 5) is 23.3. The van der Waals surface area contributed by atoms with Crippen LogP contribution < -0.4 is 5.32 Å². The molecular formula is C64H124N2O6P+. The maximum absolute atomic E-state index is 13.0. The van der Waals surface area contributed by atoms with E-state index < -0.39 is 20.0 Å². The van der Waals surface area contributed by atoms with Gasteiger partial charge in [-0.15, -0.1) is 0 Å². The molecule has 73 heavy (non-hydrogen) atoms. The zero-order chi connectivity index (χ0) is 53.5. The fourth-order valence-corrected chi connectivity index (χ4v) is 10.1. The molecule has 0 saturated heterocycles. The lowest BCUT2D eigenvalue weighted by atomic mass is 10.0. The number of hydrogen-bond donors (Lipinski definition) is 3. The number of carbonyl (C=O) groups is 1. The van der Waals surface area contributed by atoms with Gasteiger partial charge >= 0.3 is 7.82 Å². The van der Waals surface area contributed by atoms with E-state index in [1.54, 1.807) is 6.08 Å². The van der Waals surface area contributed by atoms with Crippen molar-refractivity contribution in [3.8, 4) is 0 Å². The number of nitrogens with zero attached hydrogens (tertiary/aromatic N) is 1. The molecule has 0 radical (unpaired) electrons. The van der Waals surface area contributed by atoms with E-state index in [0.717, 1.165) is 44.9 Å². The Labute approximate surface area is 454 Å². The van der Waals surface area contributed by atoms with E-state index in [1.165, 1.54) is 238 Å². The average molecular weight is 1050 g/mol. The molecule has 0 aliphatic heterocycles. The monoisotopic (exact) mass is 1050 g/mol. The number of allylic oxidation sites excluding steroid dienone is 7. The lowest BCUT2D eigenvalue weighted by Crippen LogP contribution is -2.45. The molecule has 3 unspecified atom stereocenters. The van der Waals surface area contributed by atoms with Crippen LogP contribution in [0.15, 0.2) is 48.6 Å². The van der Waals surface area contributed by atoms with Gasteiger partial charge in [-0.2, -0.15) is 0 Å². The Kier molecular flexibility index (Phi) is 54.1. The van der Waals surface area contributed by atoms with Gasteiger partial charge in [-0.25, -0.2) is 4.57 Å². The molecular weight excluding hydrogens is 924 g/mol. The summed E-state index contributed by atoms with van der Waals surface area (Å²) >= 11 is 0. The van der Waals surface area contributed by atoms with E-state index in [9.17, 15) is 19.4 Å². The van der Waals surface area contributed by atoms with Crippen molar-refractivity contribution >= 4 is 13.7 Å². The predicted molar refractivity (Wildman–Crippen MR) is 318 cm³/mol. The molecule has 0 heterocycles. The lowest BCUT2D eigenvalue weighted by molar-refractivity contribution is -0.870. The standard InChI is InChI=1S/C64H123N2O6P/c1-6-8-10-12-14-16-18-20-22-24-26-28-30-31-32-33-34-36-37-39-41-43-45-47-49-51-53-55-57-63(67)62(61-72-73(69,70)71-60-59-66(3,4)5)65-64(68)58-56-54-52-50-48-46-44-42-40-38-35-29-27-25-23-21-19-17-15-13-11-9-7-2/h19,21,25,27,47,49,55,57,62-63,67H,6-18,20,22-24,26,28-46,48,50-54,56,58-61H2,1-5H3,(H-,65,68,69,70)/p+1/b21-19-,27-25-,49-47+,57-55+. The summed E-state index contributed by atoms with van der Waals surface area (Å²) in [7, 11) is 1.56. The Balaban J connectivity index is 4.19. The minimum Gasteiger partial charge on any atom is -0.387 e. The van der Waals surface area contributed by atoms with Crippen molar-refractivity contribution < 1.29 is 32.9 Å². The summed E-state index contributed by atoms with van der Waals surface area (Å²) in [6.45, 7) is 4.82. The van der Waals surface area contributed by atoms with Crippen molar-refractivity contribution in [3.05, 3.63) is 48.6 Å². The van der Waals surface area contributed by atoms with E-state index in [2.05, 4.69) is 55.6 Å². The molecule has 3 N–H and O–H groups in total. The molecule has 0 fully saturated rings. The second kappa shape index (κ2) is 55.2. The molecule has 0 aliphatic rings. The normalized spacial score (nSPS) is 14.1. The summed E-state index contributed by atoms with van der Waals surface area (Å²) in [6, 6.07) is -0.867. The van der Waals surface area contributed by atoms with Gasteiger partial charge in [-0.3, -0.25) is 13.8 Å². The zero-order valence-electron chi connectivity index (χ0n) is 49.1. The number of quaternary nitrogens is 1. The number of aliphatic hydroxyl groups is 1. The number of phosphoric acid groups is 1. The number of carbonyl (C=O) groups excluding carboxylic acids is 1. The first-order valence-electron chi connectivity index (χ1n) is 31.5. The third-order valence-corrected chi connectivity index (χ3v) is 15.3. The third-order valence-electron chi connectivity index (χ3n) is 14.3. The van der Waals surface area contributed by atoms with Crippen LogP contribution in [0.3, 0.4) is 0 Å². The number of aliphatic hydroxyl groups excluding tert-OH is 1. The van der Waals surface area contributed by atoms with Crippen molar-refractivity contribution in [2.24, 2.45) is 0 Å². The highest BCUT2D eigenvalue weighted by molar-refractivity contribution is 7.47. The number of amides is 1. The minimum absolute atomic E-state index is 0.0555. The largest absolute Gasteiger partial charge is 0.472 e. The van der Waals surface area contributed by atoms with Gasteiger partial charge in [0.2, 0.25) is 5.91 Å². The summed E-state index contributed by atoms with van der Waals surface area (Å²) in [5.41, 5.74) is 0. The van der Waals surface area contributed by atoms with Crippen molar-refractivity contribution in [2.45, 2.75) is 315 Å². The van der Waals surface area contributed by atoms with Crippen LogP contribution in [-0.2, 0) is 18.4 Å². The zero-order valence-corrected chi connectivity index (χ0v) is 50.0. The number of hydrogen-bond acceptors (Lipinski definition) is 5. The van der Waals surface area contributed by atoms with Crippen LogP contribution >= 0.6 is 7.82 Å². The van der Waals surface area contributed by atoms with Gasteiger partial charge in [0.05, 0.1) is 39.9 Å². The smallest absolute Gasteiger partial charge is 0.387 e. The SMILES string of the molecule is CCCCCCC/C=C\C/C=C\CCCCCCCCCCCCCC(=O)NC(COP(=O)(O)OCC[N+](C)(C)C)C(O)/C=C/CC/C=C/CCCCCCCCCCCCCCCCCCCCCCCC. The van der Waals surface area contributed by atoms with Crippen LogP contribution in [0.4, 0.5) is 0 Å². The maximum Gasteiger partial charge on any atom is 0.472 e. The van der Waals surface area contributed by atoms with Gasteiger partial charge in [0.15, 0.2) is 0 Å². The number of unbranched alkanes of at least 4 members (excludes halogenated alkanes) is 39. The molecule has 0 bridgehead atoms. The number of likely N-dealkylation sites (N-methyl/N-ethyl adjacent to an activating group) is 1. The fourth-order valence-electron chi connectivity index (χ4n) is 9.33. The molecule has 9 heteroatoms. The molecule has 0 aliphatic carbocycles. The van der Waals surface area contributed by atoms with Crippen LogP contribution in [0.1, 0.15) is 303 Å². The van der Waals surface area contributed by atoms with Gasteiger partial charge in [-0.1, -0.05) is 281 Å². The molecule has 0 spiro atoms. The molecule has 0 aromatic heterocycles. The maximum atomic E-state index is 13.0. The van der Waals surface area contributed by atoms with Gasteiger partial charge in [0, 0.05) is 6.42 Å². The highest BCUT2D eigenvalue weighted by Gasteiger charge is 2.27. The van der Waals surface area contributed by atoms with Crippen molar-refractivity contribution in [2.75, 3.05) is 40.9 Å². The van der Waals surface area contributed by atoms with Crippen LogP contribution in [0.5, 0.6) is 0 Å². The van der Waals surface area contributed by atoms with Gasteiger partial charge in [-0.05, 0) is 64.2 Å².